The van der Waals surface area contributed by atoms with Crippen LogP contribution in [0.2, 0.25) is 5.02 Å². The molecule has 0 unspecified atom stereocenters. The fourth-order valence-corrected chi connectivity index (χ4v) is 4.24. The molecule has 0 radical (unpaired) electrons. The van der Waals surface area contributed by atoms with Gasteiger partial charge in [-0.2, -0.15) is 0 Å². The Morgan fingerprint density at radius 1 is 1.00 bits per heavy atom. The molecule has 1 aliphatic heterocycles. The molecule has 28 heavy (non-hydrogen) atoms. The standard InChI is InChI=1S/C22H26ClFN2O.ClH/c23-19-6-2-7-20(16-19)26-11-9-25(10-12-26)8-3-13-27-22-15-18-5-1-4-17(18)14-21(22)24;/h2,6-7,14-16H,1,3-5,8-13H2;1H. The van der Waals surface area contributed by atoms with Crippen LogP contribution in [0.15, 0.2) is 36.4 Å². The third-order valence-corrected chi connectivity index (χ3v) is 5.80. The summed E-state index contributed by atoms with van der Waals surface area (Å²) in [7, 11) is 0. The van der Waals surface area contributed by atoms with Crippen molar-refractivity contribution in [3.8, 4) is 5.75 Å². The van der Waals surface area contributed by atoms with Gasteiger partial charge in [-0.1, -0.05) is 17.7 Å². The second kappa shape index (κ2) is 9.82. The minimum absolute atomic E-state index is 0. The van der Waals surface area contributed by atoms with Gasteiger partial charge >= 0.3 is 0 Å². The van der Waals surface area contributed by atoms with Crippen LogP contribution in [0.5, 0.6) is 5.75 Å². The van der Waals surface area contributed by atoms with E-state index in [0.717, 1.165) is 69.0 Å². The Bertz CT molecular complexity index is 794. The van der Waals surface area contributed by atoms with Crippen LogP contribution in [0.3, 0.4) is 0 Å². The number of hydrogen-bond donors (Lipinski definition) is 0. The Morgan fingerprint density at radius 2 is 1.75 bits per heavy atom. The van der Waals surface area contributed by atoms with Crippen LogP contribution in [0.1, 0.15) is 24.0 Å². The molecule has 1 fully saturated rings. The zero-order chi connectivity index (χ0) is 18.6. The highest BCUT2D eigenvalue weighted by atomic mass is 35.5. The van der Waals surface area contributed by atoms with E-state index in [1.165, 1.54) is 11.3 Å². The summed E-state index contributed by atoms with van der Waals surface area (Å²) in [5, 5.41) is 0.783. The number of benzene rings is 2. The smallest absolute Gasteiger partial charge is 0.165 e. The van der Waals surface area contributed by atoms with Crippen molar-refractivity contribution in [2.24, 2.45) is 0 Å². The molecular weight excluding hydrogens is 398 g/mol. The summed E-state index contributed by atoms with van der Waals surface area (Å²) < 4.78 is 19.8. The quantitative estimate of drug-likeness (QED) is 0.608. The van der Waals surface area contributed by atoms with Gasteiger partial charge in [0.15, 0.2) is 11.6 Å². The van der Waals surface area contributed by atoms with Crippen molar-refractivity contribution in [2.45, 2.75) is 25.7 Å². The summed E-state index contributed by atoms with van der Waals surface area (Å²) in [6.45, 7) is 5.60. The molecule has 1 aliphatic carbocycles. The molecular formula is C22H27Cl2FN2O. The van der Waals surface area contributed by atoms with Crippen molar-refractivity contribution < 1.29 is 9.13 Å². The molecule has 0 N–H and O–H groups in total. The molecule has 0 spiro atoms. The number of halogens is 3. The lowest BCUT2D eigenvalue weighted by Crippen LogP contribution is -2.46. The summed E-state index contributed by atoms with van der Waals surface area (Å²) in [5.74, 6) is 0.201. The molecule has 2 aliphatic rings. The topological polar surface area (TPSA) is 15.7 Å². The lowest BCUT2D eigenvalue weighted by molar-refractivity contribution is 0.221. The van der Waals surface area contributed by atoms with Gasteiger partial charge in [0, 0.05) is 43.4 Å². The van der Waals surface area contributed by atoms with E-state index in [4.69, 9.17) is 16.3 Å². The molecule has 1 saturated heterocycles. The first-order valence-electron chi connectivity index (χ1n) is 9.86. The van der Waals surface area contributed by atoms with Gasteiger partial charge in [-0.15, -0.1) is 12.4 Å². The Morgan fingerprint density at radius 3 is 2.50 bits per heavy atom. The van der Waals surface area contributed by atoms with Crippen molar-refractivity contribution >= 4 is 29.7 Å². The van der Waals surface area contributed by atoms with E-state index < -0.39 is 0 Å². The third kappa shape index (κ3) is 5.11. The number of rotatable bonds is 6. The molecule has 1 heterocycles. The van der Waals surface area contributed by atoms with Crippen molar-refractivity contribution in [3.05, 3.63) is 58.4 Å². The second-order valence-electron chi connectivity index (χ2n) is 7.42. The van der Waals surface area contributed by atoms with Gasteiger partial charge in [0.1, 0.15) is 0 Å². The van der Waals surface area contributed by atoms with Crippen LogP contribution in [0.25, 0.3) is 0 Å². The summed E-state index contributed by atoms with van der Waals surface area (Å²) in [5.41, 5.74) is 3.60. The van der Waals surface area contributed by atoms with Crippen LogP contribution in [-0.4, -0.2) is 44.2 Å². The molecule has 0 atom stereocenters. The lowest BCUT2D eigenvalue weighted by Gasteiger charge is -2.36. The molecule has 2 aromatic rings. The predicted molar refractivity (Wildman–Crippen MR) is 116 cm³/mol. The summed E-state index contributed by atoms with van der Waals surface area (Å²) in [4.78, 5) is 4.82. The van der Waals surface area contributed by atoms with Gasteiger partial charge in [0.2, 0.25) is 0 Å². The van der Waals surface area contributed by atoms with Crippen molar-refractivity contribution in [1.29, 1.82) is 0 Å². The van der Waals surface area contributed by atoms with Gasteiger partial charge in [0.05, 0.1) is 6.61 Å². The number of aryl methyl sites for hydroxylation is 2. The number of ether oxygens (including phenoxy) is 1. The normalized spacial score (nSPS) is 16.6. The fraction of sp³-hybridized carbons (Fsp3) is 0.455. The maximum atomic E-state index is 14.1. The van der Waals surface area contributed by atoms with Gasteiger partial charge in [-0.05, 0) is 67.1 Å². The van der Waals surface area contributed by atoms with Gasteiger partial charge in [-0.3, -0.25) is 4.90 Å². The Hall–Kier alpha value is -1.49. The molecule has 0 amide bonds. The SMILES string of the molecule is Cl.Fc1cc2c(cc1OCCCN1CCN(c3cccc(Cl)c3)CC1)CCC2. The van der Waals surface area contributed by atoms with Crippen LogP contribution in [0, 0.1) is 5.82 Å². The van der Waals surface area contributed by atoms with E-state index in [2.05, 4.69) is 15.9 Å². The zero-order valence-corrected chi connectivity index (χ0v) is 17.6. The minimum Gasteiger partial charge on any atom is -0.490 e. The van der Waals surface area contributed by atoms with E-state index >= 15 is 0 Å². The summed E-state index contributed by atoms with van der Waals surface area (Å²) >= 11 is 6.09. The number of piperazine rings is 1. The second-order valence-corrected chi connectivity index (χ2v) is 7.85. The molecule has 2 aromatic carbocycles. The summed E-state index contributed by atoms with van der Waals surface area (Å²) in [6.07, 6.45) is 4.07. The van der Waals surface area contributed by atoms with E-state index in [1.807, 2.05) is 24.3 Å². The van der Waals surface area contributed by atoms with E-state index in [0.29, 0.717) is 12.4 Å². The van der Waals surface area contributed by atoms with E-state index in [9.17, 15) is 4.39 Å². The average Bonchev–Trinajstić information content (AvgIpc) is 3.13. The Labute approximate surface area is 177 Å². The van der Waals surface area contributed by atoms with E-state index in [1.54, 1.807) is 6.07 Å². The fourth-order valence-electron chi connectivity index (χ4n) is 4.05. The average molecular weight is 425 g/mol. The minimum atomic E-state index is -0.217. The number of anilines is 1. The first-order chi connectivity index (χ1) is 13.2. The lowest BCUT2D eigenvalue weighted by atomic mass is 10.1. The molecule has 152 valence electrons. The monoisotopic (exact) mass is 424 g/mol. The molecule has 0 saturated carbocycles. The maximum absolute atomic E-state index is 14.1. The predicted octanol–water partition coefficient (Wildman–Crippen LogP) is 4.98. The van der Waals surface area contributed by atoms with Gasteiger partial charge < -0.3 is 9.64 Å². The Kier molecular flexibility index (Phi) is 7.44. The van der Waals surface area contributed by atoms with Gasteiger partial charge in [0.25, 0.3) is 0 Å². The third-order valence-electron chi connectivity index (χ3n) is 5.57. The molecule has 0 bridgehead atoms. The van der Waals surface area contributed by atoms with Crippen molar-refractivity contribution in [1.82, 2.24) is 4.90 Å². The van der Waals surface area contributed by atoms with Crippen LogP contribution in [-0.2, 0) is 12.8 Å². The molecule has 4 rings (SSSR count). The van der Waals surface area contributed by atoms with Gasteiger partial charge in [-0.25, -0.2) is 4.39 Å². The highest BCUT2D eigenvalue weighted by molar-refractivity contribution is 6.30. The van der Waals surface area contributed by atoms with E-state index in [-0.39, 0.29) is 18.2 Å². The van der Waals surface area contributed by atoms with Crippen LogP contribution < -0.4 is 9.64 Å². The Balaban J connectivity index is 0.00000225. The summed E-state index contributed by atoms with van der Waals surface area (Å²) in [6, 6.07) is 11.6. The molecule has 0 aromatic heterocycles. The number of fused-ring (bicyclic) bond motifs is 1. The highest BCUT2D eigenvalue weighted by Gasteiger charge is 2.18. The number of hydrogen-bond acceptors (Lipinski definition) is 3. The molecule has 6 heteroatoms. The first kappa shape index (κ1) is 21.2. The zero-order valence-electron chi connectivity index (χ0n) is 16.0. The first-order valence-corrected chi connectivity index (χ1v) is 10.2. The van der Waals surface area contributed by atoms with Crippen molar-refractivity contribution in [2.75, 3.05) is 44.2 Å². The maximum Gasteiger partial charge on any atom is 0.165 e. The highest BCUT2D eigenvalue weighted by Crippen LogP contribution is 2.29. The number of nitrogens with zero attached hydrogens (tertiary/aromatic N) is 2. The van der Waals surface area contributed by atoms with Crippen molar-refractivity contribution in [3.63, 3.8) is 0 Å². The van der Waals surface area contributed by atoms with Crippen LogP contribution in [0.4, 0.5) is 10.1 Å². The van der Waals surface area contributed by atoms with Crippen LogP contribution >= 0.6 is 24.0 Å². The molecule has 3 nitrogen and oxygen atoms in total. The largest absolute Gasteiger partial charge is 0.490 e.